The summed E-state index contributed by atoms with van der Waals surface area (Å²) in [6.45, 7) is 4.76. The molecule has 0 N–H and O–H groups in total. The van der Waals surface area contributed by atoms with E-state index in [0.29, 0.717) is 5.92 Å². The zero-order valence-corrected chi connectivity index (χ0v) is 42.4. The second-order valence-electron chi connectivity index (χ2n) is 21.9. The summed E-state index contributed by atoms with van der Waals surface area (Å²) in [5.41, 5.74) is 26.4. The first kappa shape index (κ1) is 43.2. The average Bonchev–Trinajstić information content (AvgIpc) is 4.25. The Morgan fingerprint density at radius 1 is 0.421 bits per heavy atom. The van der Waals surface area contributed by atoms with Crippen LogP contribution >= 0.6 is 0 Å². The van der Waals surface area contributed by atoms with Crippen LogP contribution in [0.25, 0.3) is 127 Å². The number of furan rings is 2. The molecule has 0 saturated heterocycles. The number of nitrogens with zero attached hydrogens (tertiary/aromatic N) is 1. The molecule has 2 aliphatic carbocycles. The van der Waals surface area contributed by atoms with E-state index < -0.39 is 0 Å². The molecule has 0 saturated carbocycles. The Labute approximate surface area is 440 Å². The SMILES string of the molecule is CC1(C)c2ccccc2-c2ccc(-c3cc(-c4ccc5c(c4)-c4ccccc4CC5CCc4ccc5oc6ccccc6c5c4)cc(-c4cccc5c4c4ccccc4n5-c4cccc5c4oc4ccccc45)c3)cc21. The van der Waals surface area contributed by atoms with Gasteiger partial charge >= 0.3 is 0 Å². The molecule has 360 valence electrons. The van der Waals surface area contributed by atoms with Crippen molar-refractivity contribution in [3.63, 3.8) is 0 Å². The first-order valence-corrected chi connectivity index (χ1v) is 26.9. The highest BCUT2D eigenvalue weighted by atomic mass is 16.3. The summed E-state index contributed by atoms with van der Waals surface area (Å²) in [6, 6.07) is 85.7. The van der Waals surface area contributed by atoms with Crippen molar-refractivity contribution in [1.82, 2.24) is 4.57 Å². The van der Waals surface area contributed by atoms with Gasteiger partial charge in [0, 0.05) is 37.7 Å². The van der Waals surface area contributed by atoms with Crippen LogP contribution in [0.2, 0.25) is 0 Å². The third-order valence-electron chi connectivity index (χ3n) is 17.3. The van der Waals surface area contributed by atoms with Crippen molar-refractivity contribution in [2.75, 3.05) is 0 Å². The fourth-order valence-electron chi connectivity index (χ4n) is 13.6. The summed E-state index contributed by atoms with van der Waals surface area (Å²) in [5.74, 6) is 0.386. The van der Waals surface area contributed by atoms with E-state index in [1.807, 2.05) is 6.07 Å². The number of para-hydroxylation sites is 4. The molecular weight excluding hydrogens is 923 g/mol. The largest absolute Gasteiger partial charge is 0.456 e. The predicted octanol–water partition coefficient (Wildman–Crippen LogP) is 19.8. The van der Waals surface area contributed by atoms with Crippen molar-refractivity contribution >= 4 is 65.7 Å². The van der Waals surface area contributed by atoms with Crippen LogP contribution in [0, 0.1) is 0 Å². The monoisotopic (exact) mass is 973 g/mol. The van der Waals surface area contributed by atoms with Crippen LogP contribution in [-0.2, 0) is 18.3 Å². The van der Waals surface area contributed by atoms with Gasteiger partial charge in [0.05, 0.1) is 16.7 Å². The second kappa shape index (κ2) is 16.4. The molecule has 3 heteroatoms. The van der Waals surface area contributed by atoms with Gasteiger partial charge in [-0.1, -0.05) is 172 Å². The molecule has 2 aliphatic rings. The topological polar surface area (TPSA) is 31.2 Å². The normalized spacial score (nSPS) is 14.5. The Morgan fingerprint density at radius 3 is 1.92 bits per heavy atom. The maximum absolute atomic E-state index is 6.72. The van der Waals surface area contributed by atoms with Crippen LogP contribution < -0.4 is 0 Å². The van der Waals surface area contributed by atoms with Gasteiger partial charge in [-0.2, -0.15) is 0 Å². The van der Waals surface area contributed by atoms with Crippen molar-refractivity contribution in [2.45, 2.75) is 44.4 Å². The van der Waals surface area contributed by atoms with E-state index in [1.165, 1.54) is 105 Å². The molecule has 0 amide bonds. The Kier molecular flexibility index (Phi) is 9.34. The van der Waals surface area contributed by atoms with Crippen LogP contribution in [0.5, 0.6) is 0 Å². The lowest BCUT2D eigenvalue weighted by molar-refractivity contribution is 0.616. The fourth-order valence-corrected chi connectivity index (χ4v) is 13.6. The molecule has 11 aromatic carbocycles. The number of aromatic nitrogens is 1. The third kappa shape index (κ3) is 6.48. The molecule has 3 aromatic heterocycles. The van der Waals surface area contributed by atoms with Gasteiger partial charge < -0.3 is 13.4 Å². The third-order valence-corrected chi connectivity index (χ3v) is 17.3. The first-order valence-electron chi connectivity index (χ1n) is 26.9. The van der Waals surface area contributed by atoms with E-state index in [-0.39, 0.29) is 5.41 Å². The molecule has 1 atom stereocenters. The highest BCUT2D eigenvalue weighted by molar-refractivity contribution is 6.17. The second-order valence-corrected chi connectivity index (χ2v) is 21.9. The van der Waals surface area contributed by atoms with Gasteiger partial charge in [-0.3, -0.25) is 0 Å². The van der Waals surface area contributed by atoms with Gasteiger partial charge in [0.1, 0.15) is 16.7 Å². The molecule has 3 heterocycles. The van der Waals surface area contributed by atoms with Crippen LogP contribution in [-0.4, -0.2) is 4.57 Å². The van der Waals surface area contributed by atoms with Gasteiger partial charge in [0.2, 0.25) is 0 Å². The molecule has 0 bridgehead atoms. The summed E-state index contributed by atoms with van der Waals surface area (Å²) >= 11 is 0. The molecule has 0 fully saturated rings. The van der Waals surface area contributed by atoms with Gasteiger partial charge in [-0.05, 0) is 181 Å². The zero-order valence-electron chi connectivity index (χ0n) is 42.4. The number of rotatable bonds is 7. The van der Waals surface area contributed by atoms with E-state index in [0.717, 1.165) is 69.1 Å². The average molecular weight is 974 g/mol. The molecule has 16 rings (SSSR count). The highest BCUT2D eigenvalue weighted by Crippen LogP contribution is 2.51. The number of benzene rings is 11. The number of hydrogen-bond donors (Lipinski definition) is 0. The van der Waals surface area contributed by atoms with Crippen LogP contribution in [0.3, 0.4) is 0 Å². The number of aryl methyl sites for hydroxylation is 1. The summed E-state index contributed by atoms with van der Waals surface area (Å²) in [6.07, 6.45) is 3.08. The van der Waals surface area contributed by atoms with E-state index in [4.69, 9.17) is 8.83 Å². The first-order chi connectivity index (χ1) is 37.4. The quantitative estimate of drug-likeness (QED) is 0.159. The Morgan fingerprint density at radius 2 is 1.05 bits per heavy atom. The summed E-state index contributed by atoms with van der Waals surface area (Å²) in [5, 5.41) is 7.06. The molecular formula is C73H51NO2. The molecule has 0 radical (unpaired) electrons. The number of hydrogen-bond acceptors (Lipinski definition) is 2. The lowest BCUT2D eigenvalue weighted by Crippen LogP contribution is -2.14. The summed E-state index contributed by atoms with van der Waals surface area (Å²) in [4.78, 5) is 0. The smallest absolute Gasteiger partial charge is 0.159 e. The van der Waals surface area contributed by atoms with Crippen molar-refractivity contribution < 1.29 is 8.83 Å². The standard InChI is InChI=1S/C73H51NO2/c1-73(2)63-23-9-5-17-55(63)56-35-33-46(43-64(56)73)50-39-49(45-32-34-53-48(38-47-15-3-4-16-52(47)61(53)42-45)31-29-44-30-36-70-62(37-44)58-19-8-11-27-68(58)75-70)40-51(41-50)54-21-13-25-66-71(54)60-20-6-10-24-65(60)74(66)67-26-14-22-59-57-18-7-12-28-69(57)76-72(59)67/h3-28,30,32-37,39-43,48H,29,31,38H2,1-2H3. The highest BCUT2D eigenvalue weighted by Gasteiger charge is 2.35. The number of fused-ring (bicyclic) bond motifs is 15. The Balaban J connectivity index is 0.864. The van der Waals surface area contributed by atoms with Gasteiger partial charge in [0.15, 0.2) is 5.58 Å². The minimum atomic E-state index is -0.124. The summed E-state index contributed by atoms with van der Waals surface area (Å²) < 4.78 is 15.3. The van der Waals surface area contributed by atoms with Crippen LogP contribution in [0.15, 0.2) is 239 Å². The van der Waals surface area contributed by atoms with Crippen molar-refractivity contribution in [2.24, 2.45) is 0 Å². The van der Waals surface area contributed by atoms with E-state index >= 15 is 0 Å². The Bertz CT molecular complexity index is 4730. The minimum Gasteiger partial charge on any atom is -0.456 e. The predicted molar refractivity (Wildman–Crippen MR) is 316 cm³/mol. The molecule has 3 nitrogen and oxygen atoms in total. The lowest BCUT2D eigenvalue weighted by Gasteiger charge is -2.29. The molecule has 14 aromatic rings. The molecule has 76 heavy (non-hydrogen) atoms. The van der Waals surface area contributed by atoms with Crippen LogP contribution in [0.4, 0.5) is 0 Å². The lowest BCUT2D eigenvalue weighted by atomic mass is 9.75. The zero-order chi connectivity index (χ0) is 50.2. The van der Waals surface area contributed by atoms with E-state index in [2.05, 4.69) is 243 Å². The maximum Gasteiger partial charge on any atom is 0.159 e. The van der Waals surface area contributed by atoms with Crippen molar-refractivity contribution in [3.05, 3.63) is 258 Å². The van der Waals surface area contributed by atoms with Gasteiger partial charge in [0.25, 0.3) is 0 Å². The van der Waals surface area contributed by atoms with Crippen LogP contribution in [0.1, 0.15) is 54.0 Å². The van der Waals surface area contributed by atoms with E-state index in [9.17, 15) is 0 Å². The van der Waals surface area contributed by atoms with Crippen molar-refractivity contribution in [3.8, 4) is 61.3 Å². The van der Waals surface area contributed by atoms with E-state index in [1.54, 1.807) is 0 Å². The van der Waals surface area contributed by atoms with Gasteiger partial charge in [-0.15, -0.1) is 0 Å². The molecule has 0 aliphatic heterocycles. The maximum atomic E-state index is 6.72. The molecule has 0 spiro atoms. The summed E-state index contributed by atoms with van der Waals surface area (Å²) in [7, 11) is 0. The van der Waals surface area contributed by atoms with Crippen molar-refractivity contribution in [1.29, 1.82) is 0 Å². The minimum absolute atomic E-state index is 0.124. The Hall–Kier alpha value is -9.18. The molecule has 1 unspecified atom stereocenters. The van der Waals surface area contributed by atoms with Gasteiger partial charge in [-0.25, -0.2) is 0 Å². The fraction of sp³-hybridized carbons (Fsp3) is 0.0959.